The van der Waals surface area contributed by atoms with Gasteiger partial charge in [0.05, 0.1) is 28.7 Å². The molecule has 46 heavy (non-hydrogen) atoms. The Hall–Kier alpha value is -5.61. The summed E-state index contributed by atoms with van der Waals surface area (Å²) in [5, 5.41) is 28.2. The van der Waals surface area contributed by atoms with Crippen molar-refractivity contribution in [2.45, 2.75) is 31.9 Å². The van der Waals surface area contributed by atoms with Crippen LogP contribution in [0.2, 0.25) is 0 Å². The average Bonchev–Trinajstić information content (AvgIpc) is 3.51. The molecule has 0 atom stereocenters. The van der Waals surface area contributed by atoms with Crippen LogP contribution < -0.4 is 4.18 Å². The van der Waals surface area contributed by atoms with E-state index in [9.17, 15) is 40.3 Å². The number of carbonyl (C=O) groups excluding carboxylic acids is 1. The molecule has 0 fully saturated rings. The van der Waals surface area contributed by atoms with Gasteiger partial charge in [-0.05, 0) is 62.2 Å². The molecule has 16 heteroatoms. The number of rotatable bonds is 4. The second-order valence-electron chi connectivity index (χ2n) is 10.4. The van der Waals surface area contributed by atoms with Gasteiger partial charge in [-0.2, -0.15) is 40.9 Å². The van der Waals surface area contributed by atoms with Crippen molar-refractivity contribution in [3.63, 3.8) is 0 Å². The summed E-state index contributed by atoms with van der Waals surface area (Å²) in [6.07, 6.45) is 0. The zero-order valence-corrected chi connectivity index (χ0v) is 24.5. The van der Waals surface area contributed by atoms with Crippen molar-refractivity contribution >= 4 is 38.0 Å². The first-order chi connectivity index (χ1) is 21.3. The molecule has 0 aliphatic rings. The van der Waals surface area contributed by atoms with Gasteiger partial charge in [0.2, 0.25) is 0 Å². The lowest BCUT2D eigenvalue weighted by molar-refractivity contribution is -0.0499. The summed E-state index contributed by atoms with van der Waals surface area (Å²) >= 11 is 0. The fraction of sp³-hybridized carbons (Fsp3) is 0.167. The number of alkyl halides is 3. The molecule has 0 saturated heterocycles. The Balaban J connectivity index is 0.000000216. The van der Waals surface area contributed by atoms with E-state index in [1.807, 2.05) is 6.07 Å². The minimum absolute atomic E-state index is 0.0229. The molecule has 238 valence electrons. The second kappa shape index (κ2) is 12.1. The number of halogens is 5. The Labute approximate surface area is 256 Å². The number of esters is 1. The monoisotopic (exact) mass is 662 g/mol. The molecule has 0 amide bonds. The summed E-state index contributed by atoms with van der Waals surface area (Å²) in [7, 11) is -5.93. The quantitative estimate of drug-likeness (QED) is 0.0885. The standard InChI is InChI=1S/C20H16FNO4.C10H3F4NO4S/c1-20(2,3)26-19(24)13-5-4-12(8-16(13)23)14-6-11(10-22)7-17-15(14)9-18(21)25-17;11-9-3-6-7(18-9)1-5(4-15)2-8(6)19-20(16,17)10(12,13)14/h4-9,23H,1-3H3;1-3H. The van der Waals surface area contributed by atoms with Crippen molar-refractivity contribution in [3.05, 3.63) is 83.3 Å². The molecular formula is C30H19F5N2O8S. The Bertz CT molecular complexity index is 2180. The predicted molar refractivity (Wildman–Crippen MR) is 150 cm³/mol. The average molecular weight is 663 g/mol. The van der Waals surface area contributed by atoms with Crippen molar-refractivity contribution in [3.8, 4) is 34.8 Å². The highest BCUT2D eigenvalue weighted by atomic mass is 32.2. The third kappa shape index (κ3) is 7.19. The minimum Gasteiger partial charge on any atom is -0.507 e. The van der Waals surface area contributed by atoms with Crippen molar-refractivity contribution in [2.24, 2.45) is 0 Å². The molecule has 0 unspecified atom stereocenters. The van der Waals surface area contributed by atoms with E-state index in [2.05, 4.69) is 8.60 Å². The van der Waals surface area contributed by atoms with Crippen LogP contribution in [0.1, 0.15) is 42.3 Å². The maximum absolute atomic E-state index is 13.5. The molecule has 0 aliphatic carbocycles. The van der Waals surface area contributed by atoms with Gasteiger partial charge in [-0.1, -0.05) is 6.07 Å². The minimum atomic E-state index is -5.93. The smallest absolute Gasteiger partial charge is 0.507 e. The van der Waals surface area contributed by atoms with E-state index >= 15 is 0 Å². The molecule has 0 radical (unpaired) electrons. The highest BCUT2D eigenvalue weighted by Gasteiger charge is 2.48. The largest absolute Gasteiger partial charge is 0.534 e. The number of furan rings is 2. The number of ether oxygens (including phenoxy) is 1. The van der Waals surface area contributed by atoms with E-state index in [4.69, 9.17) is 19.7 Å². The SMILES string of the molecule is CC(C)(C)OC(=O)c1ccc(-c2cc(C#N)cc3oc(F)cc23)cc1O.N#Cc1cc(OS(=O)(=O)C(F)(F)F)c2cc(F)oc2c1. The summed E-state index contributed by atoms with van der Waals surface area (Å²) in [4.78, 5) is 12.2. The van der Waals surface area contributed by atoms with Crippen LogP contribution in [-0.4, -0.2) is 30.6 Å². The van der Waals surface area contributed by atoms with Crippen LogP contribution in [0, 0.1) is 34.7 Å². The highest BCUT2D eigenvalue weighted by Crippen LogP contribution is 2.36. The third-order valence-corrected chi connectivity index (χ3v) is 6.81. The summed E-state index contributed by atoms with van der Waals surface area (Å²) < 4.78 is 104. The first kappa shape index (κ1) is 33.3. The first-order valence-corrected chi connectivity index (χ1v) is 14.1. The fourth-order valence-electron chi connectivity index (χ4n) is 3.99. The van der Waals surface area contributed by atoms with Gasteiger partial charge in [0.1, 0.15) is 28.1 Å². The first-order valence-electron chi connectivity index (χ1n) is 12.7. The van der Waals surface area contributed by atoms with E-state index in [1.165, 1.54) is 24.3 Å². The van der Waals surface area contributed by atoms with Gasteiger partial charge in [0.25, 0.3) is 12.0 Å². The molecule has 0 aliphatic heterocycles. The number of phenols is 1. The van der Waals surface area contributed by atoms with Crippen LogP contribution in [0.4, 0.5) is 22.0 Å². The zero-order chi connectivity index (χ0) is 34.2. The van der Waals surface area contributed by atoms with E-state index in [-0.39, 0.29) is 39.0 Å². The van der Waals surface area contributed by atoms with Crippen LogP contribution in [-0.2, 0) is 14.9 Å². The lowest BCUT2D eigenvalue weighted by atomic mass is 9.98. The normalized spacial score (nSPS) is 11.8. The van der Waals surface area contributed by atoms with E-state index in [0.717, 1.165) is 12.1 Å². The molecule has 10 nitrogen and oxygen atoms in total. The van der Waals surface area contributed by atoms with Crippen molar-refractivity contribution in [1.29, 1.82) is 10.5 Å². The Morgan fingerprint density at radius 3 is 1.91 bits per heavy atom. The molecule has 5 aromatic rings. The summed E-state index contributed by atoms with van der Waals surface area (Å²) in [5.74, 6) is -1.76. The second-order valence-corrected chi connectivity index (χ2v) is 11.9. The van der Waals surface area contributed by atoms with Gasteiger partial charge in [0, 0.05) is 23.6 Å². The van der Waals surface area contributed by atoms with Crippen molar-refractivity contribution in [2.75, 3.05) is 0 Å². The van der Waals surface area contributed by atoms with Crippen LogP contribution >= 0.6 is 0 Å². The molecule has 2 heterocycles. The van der Waals surface area contributed by atoms with E-state index in [0.29, 0.717) is 22.6 Å². The van der Waals surface area contributed by atoms with Gasteiger partial charge in [-0.25, -0.2) is 4.79 Å². The summed E-state index contributed by atoms with van der Waals surface area (Å²) in [6.45, 7) is 5.19. The maximum Gasteiger partial charge on any atom is 0.534 e. The molecule has 3 aromatic carbocycles. The Morgan fingerprint density at radius 1 is 0.848 bits per heavy atom. The molecule has 0 spiro atoms. The number of aromatic hydroxyl groups is 1. The third-order valence-electron chi connectivity index (χ3n) is 5.85. The molecule has 0 saturated carbocycles. The molecule has 2 aromatic heterocycles. The van der Waals surface area contributed by atoms with Gasteiger partial charge in [-0.3, -0.25) is 0 Å². The number of phenolic OH excluding ortho intramolecular Hbond substituents is 1. The van der Waals surface area contributed by atoms with Gasteiger partial charge >= 0.3 is 21.6 Å². The van der Waals surface area contributed by atoms with Crippen molar-refractivity contribution in [1.82, 2.24) is 0 Å². The molecule has 5 rings (SSSR count). The number of nitrogens with zero attached hydrogens (tertiary/aromatic N) is 2. The number of carbonyl (C=O) groups is 1. The molecular weight excluding hydrogens is 643 g/mol. The van der Waals surface area contributed by atoms with Crippen LogP contribution in [0.3, 0.4) is 0 Å². The lowest BCUT2D eigenvalue weighted by Gasteiger charge is -2.20. The Morgan fingerprint density at radius 2 is 1.39 bits per heavy atom. The van der Waals surface area contributed by atoms with Gasteiger partial charge in [-0.15, -0.1) is 0 Å². The fourth-order valence-corrected chi connectivity index (χ4v) is 4.46. The van der Waals surface area contributed by atoms with Gasteiger partial charge < -0.3 is 22.9 Å². The summed E-state index contributed by atoms with van der Waals surface area (Å²) in [5.41, 5.74) is -5.34. The highest BCUT2D eigenvalue weighted by molar-refractivity contribution is 7.88. The molecule has 0 bridgehead atoms. The number of nitriles is 2. The van der Waals surface area contributed by atoms with Crippen LogP contribution in [0.5, 0.6) is 11.5 Å². The predicted octanol–water partition coefficient (Wildman–Crippen LogP) is 7.44. The number of hydrogen-bond acceptors (Lipinski definition) is 10. The number of hydrogen-bond donors (Lipinski definition) is 1. The zero-order valence-electron chi connectivity index (χ0n) is 23.7. The summed E-state index contributed by atoms with van der Waals surface area (Å²) in [6, 6.07) is 12.7. The topological polar surface area (TPSA) is 164 Å². The maximum atomic E-state index is 13.5. The van der Waals surface area contributed by atoms with Gasteiger partial charge in [0.15, 0.2) is 5.75 Å². The number of fused-ring (bicyclic) bond motifs is 2. The Kier molecular flexibility index (Phi) is 8.72. The van der Waals surface area contributed by atoms with Crippen LogP contribution in [0.15, 0.2) is 63.4 Å². The number of benzene rings is 3. The van der Waals surface area contributed by atoms with Crippen LogP contribution in [0.25, 0.3) is 33.1 Å². The lowest BCUT2D eigenvalue weighted by Crippen LogP contribution is -2.28. The molecule has 1 N–H and O–H groups in total. The van der Waals surface area contributed by atoms with E-state index in [1.54, 1.807) is 39.0 Å². The van der Waals surface area contributed by atoms with E-state index < -0.39 is 45.0 Å². The van der Waals surface area contributed by atoms with Crippen molar-refractivity contribution < 1.29 is 58.0 Å².